The van der Waals surface area contributed by atoms with Crippen molar-refractivity contribution in [2.45, 2.75) is 13.1 Å². The van der Waals surface area contributed by atoms with Crippen molar-refractivity contribution in [1.82, 2.24) is 4.98 Å². The summed E-state index contributed by atoms with van der Waals surface area (Å²) in [5.74, 6) is -2.07. The van der Waals surface area contributed by atoms with Gasteiger partial charge in [-0.3, -0.25) is 4.79 Å². The van der Waals surface area contributed by atoms with Crippen LogP contribution in [0.5, 0.6) is 0 Å². The molecule has 0 amide bonds. The Bertz CT molecular complexity index is 552. The summed E-state index contributed by atoms with van der Waals surface area (Å²) in [6.45, 7) is 1.36. The predicted molar refractivity (Wildman–Crippen MR) is 64.0 cm³/mol. The van der Waals surface area contributed by atoms with E-state index in [9.17, 15) is 18.0 Å². The molecule has 0 bridgehead atoms. The molecule has 1 aromatic rings. The number of hydrogen-bond acceptors (Lipinski definition) is 4. The predicted octanol–water partition coefficient (Wildman–Crippen LogP) is 2.13. The third-order valence-corrected chi connectivity index (χ3v) is 2.62. The van der Waals surface area contributed by atoms with Crippen LogP contribution in [0.25, 0.3) is 0 Å². The van der Waals surface area contributed by atoms with Gasteiger partial charge in [0.2, 0.25) is 0 Å². The molecule has 0 saturated carbocycles. The van der Waals surface area contributed by atoms with Crippen molar-refractivity contribution in [3.63, 3.8) is 0 Å². The van der Waals surface area contributed by atoms with Gasteiger partial charge in [-0.15, -0.1) is 0 Å². The Morgan fingerprint density at radius 1 is 1.55 bits per heavy atom. The average Bonchev–Trinajstić information content (AvgIpc) is 2.36. The molecule has 0 fully saturated rings. The number of aliphatic carboxylic acids is 1. The second-order valence-corrected chi connectivity index (χ2v) is 4.30. The quantitative estimate of drug-likeness (QED) is 0.918. The van der Waals surface area contributed by atoms with Crippen molar-refractivity contribution in [2.24, 2.45) is 5.92 Å². The number of rotatable bonds is 4. The number of nitriles is 1. The minimum atomic E-state index is -4.62. The molecule has 8 heteroatoms. The number of carbonyl (C=O) groups is 1. The third-order valence-electron chi connectivity index (χ3n) is 2.62. The number of carboxylic acid groups (broad SMARTS) is 1. The van der Waals surface area contributed by atoms with Gasteiger partial charge in [0, 0.05) is 13.6 Å². The second-order valence-electron chi connectivity index (χ2n) is 4.30. The maximum absolute atomic E-state index is 12.6. The SMILES string of the molecule is CC(CN(C)c1nc(C(F)(F)F)ccc1C#N)C(=O)O. The lowest BCUT2D eigenvalue weighted by Gasteiger charge is -2.22. The van der Waals surface area contributed by atoms with Gasteiger partial charge in [0.25, 0.3) is 0 Å². The average molecular weight is 287 g/mol. The Balaban J connectivity index is 3.15. The van der Waals surface area contributed by atoms with Gasteiger partial charge in [-0.25, -0.2) is 4.98 Å². The minimum absolute atomic E-state index is 0.0434. The van der Waals surface area contributed by atoms with Gasteiger partial charge in [-0.2, -0.15) is 18.4 Å². The van der Waals surface area contributed by atoms with Gasteiger partial charge in [0.15, 0.2) is 0 Å². The summed E-state index contributed by atoms with van der Waals surface area (Å²) in [4.78, 5) is 15.4. The van der Waals surface area contributed by atoms with E-state index in [-0.39, 0.29) is 17.9 Å². The molecule has 0 aliphatic rings. The maximum atomic E-state index is 12.6. The van der Waals surface area contributed by atoms with E-state index in [1.54, 1.807) is 6.07 Å². The van der Waals surface area contributed by atoms with Crippen LogP contribution < -0.4 is 4.90 Å². The zero-order valence-electron chi connectivity index (χ0n) is 10.8. The molecular formula is C12H12F3N3O2. The number of aromatic nitrogens is 1. The number of pyridine rings is 1. The molecule has 0 aromatic carbocycles. The maximum Gasteiger partial charge on any atom is 0.433 e. The van der Waals surface area contributed by atoms with Crippen LogP contribution in [0, 0.1) is 17.2 Å². The Hall–Kier alpha value is -2.30. The molecule has 1 atom stereocenters. The van der Waals surface area contributed by atoms with Crippen molar-refractivity contribution >= 4 is 11.8 Å². The fraction of sp³-hybridized carbons (Fsp3) is 0.417. The van der Waals surface area contributed by atoms with Gasteiger partial charge in [-0.1, -0.05) is 6.92 Å². The highest BCUT2D eigenvalue weighted by Gasteiger charge is 2.33. The van der Waals surface area contributed by atoms with E-state index in [0.29, 0.717) is 0 Å². The highest BCUT2D eigenvalue weighted by atomic mass is 19.4. The van der Waals surface area contributed by atoms with Crippen LogP contribution in [-0.2, 0) is 11.0 Å². The molecule has 1 heterocycles. The summed E-state index contributed by atoms with van der Waals surface area (Å²) < 4.78 is 37.8. The van der Waals surface area contributed by atoms with Crippen molar-refractivity contribution in [3.8, 4) is 6.07 Å². The molecule has 0 saturated heterocycles. The summed E-state index contributed by atoms with van der Waals surface area (Å²) in [7, 11) is 1.39. The molecule has 1 N–H and O–H groups in total. The molecule has 0 spiro atoms. The first kappa shape index (κ1) is 15.8. The molecule has 0 aliphatic carbocycles. The molecule has 20 heavy (non-hydrogen) atoms. The topological polar surface area (TPSA) is 77.2 Å². The first-order valence-electron chi connectivity index (χ1n) is 5.59. The number of nitrogens with zero attached hydrogens (tertiary/aromatic N) is 3. The fourth-order valence-corrected chi connectivity index (χ4v) is 1.56. The monoisotopic (exact) mass is 287 g/mol. The van der Waals surface area contributed by atoms with Gasteiger partial charge < -0.3 is 10.0 Å². The zero-order chi connectivity index (χ0) is 15.5. The summed E-state index contributed by atoms with van der Waals surface area (Å²) in [6.07, 6.45) is -4.62. The van der Waals surface area contributed by atoms with Crippen LogP contribution in [0.4, 0.5) is 19.0 Å². The second kappa shape index (κ2) is 5.77. The standard InChI is InChI=1S/C12H12F3N3O2/c1-7(11(19)20)6-18(2)10-8(5-16)3-4-9(17-10)12(13,14)15/h3-4,7H,6H2,1-2H3,(H,19,20). The summed E-state index contributed by atoms with van der Waals surface area (Å²) in [5.41, 5.74) is -1.17. The van der Waals surface area contributed by atoms with Crippen LogP contribution in [0.2, 0.25) is 0 Å². The Morgan fingerprint density at radius 3 is 2.60 bits per heavy atom. The van der Waals surface area contributed by atoms with E-state index in [1.807, 2.05) is 0 Å². The van der Waals surface area contributed by atoms with E-state index in [4.69, 9.17) is 10.4 Å². The van der Waals surface area contributed by atoms with E-state index in [0.717, 1.165) is 12.1 Å². The lowest BCUT2D eigenvalue weighted by atomic mass is 10.1. The lowest BCUT2D eigenvalue weighted by Crippen LogP contribution is -2.30. The third kappa shape index (κ3) is 3.60. The molecular weight excluding hydrogens is 275 g/mol. The summed E-state index contributed by atoms with van der Waals surface area (Å²) >= 11 is 0. The number of halogens is 3. The smallest absolute Gasteiger partial charge is 0.433 e. The highest BCUT2D eigenvalue weighted by molar-refractivity contribution is 5.70. The van der Waals surface area contributed by atoms with Crippen LogP contribution in [0.3, 0.4) is 0 Å². The Kier molecular flexibility index (Phi) is 4.55. The van der Waals surface area contributed by atoms with Crippen LogP contribution in [0.1, 0.15) is 18.2 Å². The minimum Gasteiger partial charge on any atom is -0.481 e. The molecule has 1 rings (SSSR count). The van der Waals surface area contributed by atoms with E-state index in [1.165, 1.54) is 18.9 Å². The zero-order valence-corrected chi connectivity index (χ0v) is 10.8. The fourth-order valence-electron chi connectivity index (χ4n) is 1.56. The summed E-state index contributed by atoms with van der Waals surface area (Å²) in [6, 6.07) is 3.48. The van der Waals surface area contributed by atoms with Gasteiger partial charge in [0.05, 0.1) is 11.5 Å². The molecule has 0 aliphatic heterocycles. The van der Waals surface area contributed by atoms with Crippen LogP contribution in [-0.4, -0.2) is 29.7 Å². The van der Waals surface area contributed by atoms with Crippen LogP contribution >= 0.6 is 0 Å². The van der Waals surface area contributed by atoms with Crippen molar-refractivity contribution < 1.29 is 23.1 Å². The molecule has 0 radical (unpaired) electrons. The highest BCUT2D eigenvalue weighted by Crippen LogP contribution is 2.30. The van der Waals surface area contributed by atoms with Crippen molar-refractivity contribution in [2.75, 3.05) is 18.5 Å². The first-order valence-corrected chi connectivity index (χ1v) is 5.59. The normalized spacial score (nSPS) is 12.6. The molecule has 108 valence electrons. The molecule has 1 unspecified atom stereocenters. The number of carboxylic acids is 1. The molecule has 1 aromatic heterocycles. The number of anilines is 1. The number of alkyl halides is 3. The number of hydrogen-bond donors (Lipinski definition) is 1. The Morgan fingerprint density at radius 2 is 2.15 bits per heavy atom. The lowest BCUT2D eigenvalue weighted by molar-refractivity contribution is -0.142. The van der Waals surface area contributed by atoms with Crippen molar-refractivity contribution in [3.05, 3.63) is 23.4 Å². The largest absolute Gasteiger partial charge is 0.481 e. The van der Waals surface area contributed by atoms with Gasteiger partial charge >= 0.3 is 12.1 Å². The van der Waals surface area contributed by atoms with Crippen LogP contribution in [0.15, 0.2) is 12.1 Å². The van der Waals surface area contributed by atoms with Crippen molar-refractivity contribution in [1.29, 1.82) is 5.26 Å². The summed E-state index contributed by atoms with van der Waals surface area (Å²) in [5, 5.41) is 17.7. The van der Waals surface area contributed by atoms with E-state index < -0.39 is 23.8 Å². The molecule has 5 nitrogen and oxygen atoms in total. The van der Waals surface area contributed by atoms with Gasteiger partial charge in [0.1, 0.15) is 17.6 Å². The Labute approximate surface area is 113 Å². The first-order chi connectivity index (χ1) is 9.16. The van der Waals surface area contributed by atoms with E-state index in [2.05, 4.69) is 4.98 Å². The van der Waals surface area contributed by atoms with E-state index >= 15 is 0 Å². The van der Waals surface area contributed by atoms with Gasteiger partial charge in [-0.05, 0) is 12.1 Å².